The fourth-order valence-electron chi connectivity index (χ4n) is 1.49. The van der Waals surface area contributed by atoms with Crippen molar-refractivity contribution in [2.45, 2.75) is 0 Å². The first kappa shape index (κ1) is 14.1. The van der Waals surface area contributed by atoms with Gasteiger partial charge in [-0.3, -0.25) is 0 Å². The van der Waals surface area contributed by atoms with E-state index < -0.39 is 17.5 Å². The van der Waals surface area contributed by atoms with Gasteiger partial charge < -0.3 is 5.11 Å². The van der Waals surface area contributed by atoms with E-state index in [1.54, 1.807) is 0 Å². The zero-order chi connectivity index (χ0) is 14.2. The van der Waals surface area contributed by atoms with Gasteiger partial charge in [-0.25, -0.2) is 9.78 Å². The standard InChI is InChI=1S/C12H5Cl3FNO2/c13-8-3-10(15)9(14)2-6(8)5-1-7(12(18)19)11(16)17-4-5/h1-4H,(H,18,19). The number of aromatic nitrogens is 1. The number of hydrogen-bond donors (Lipinski definition) is 1. The van der Waals surface area contributed by atoms with Crippen LogP contribution in [0.5, 0.6) is 0 Å². The molecule has 0 fully saturated rings. The Morgan fingerprint density at radius 1 is 1.11 bits per heavy atom. The van der Waals surface area contributed by atoms with E-state index in [2.05, 4.69) is 4.98 Å². The van der Waals surface area contributed by atoms with E-state index in [1.807, 2.05) is 0 Å². The van der Waals surface area contributed by atoms with E-state index in [0.717, 1.165) is 6.07 Å². The minimum absolute atomic E-state index is 0.252. The summed E-state index contributed by atoms with van der Waals surface area (Å²) in [5.74, 6) is -2.48. The van der Waals surface area contributed by atoms with Crippen LogP contribution in [0.1, 0.15) is 10.4 Å². The van der Waals surface area contributed by atoms with Crippen molar-refractivity contribution in [2.75, 3.05) is 0 Å². The van der Waals surface area contributed by atoms with Crippen molar-refractivity contribution < 1.29 is 14.3 Å². The van der Waals surface area contributed by atoms with Crippen LogP contribution in [-0.4, -0.2) is 16.1 Å². The predicted octanol–water partition coefficient (Wildman–Crippen LogP) is 4.55. The van der Waals surface area contributed by atoms with Gasteiger partial charge in [0.2, 0.25) is 5.95 Å². The van der Waals surface area contributed by atoms with Crippen molar-refractivity contribution >= 4 is 40.8 Å². The molecule has 0 bridgehead atoms. The number of hydrogen-bond acceptors (Lipinski definition) is 2. The maximum atomic E-state index is 13.2. The molecule has 19 heavy (non-hydrogen) atoms. The van der Waals surface area contributed by atoms with Crippen molar-refractivity contribution in [2.24, 2.45) is 0 Å². The summed E-state index contributed by atoms with van der Waals surface area (Å²) in [6.45, 7) is 0. The van der Waals surface area contributed by atoms with Crippen LogP contribution in [0.2, 0.25) is 15.1 Å². The monoisotopic (exact) mass is 319 g/mol. The third-order valence-corrected chi connectivity index (χ3v) is 3.43. The van der Waals surface area contributed by atoms with Crippen LogP contribution >= 0.6 is 34.8 Å². The van der Waals surface area contributed by atoms with Crippen molar-refractivity contribution in [3.05, 3.63) is 51.0 Å². The normalized spacial score (nSPS) is 10.5. The highest BCUT2D eigenvalue weighted by atomic mass is 35.5. The zero-order valence-corrected chi connectivity index (χ0v) is 11.4. The highest BCUT2D eigenvalue weighted by molar-refractivity contribution is 6.44. The molecule has 0 saturated heterocycles. The average Bonchev–Trinajstić information content (AvgIpc) is 2.34. The summed E-state index contributed by atoms with van der Waals surface area (Å²) in [4.78, 5) is 14.2. The van der Waals surface area contributed by atoms with Gasteiger partial charge >= 0.3 is 5.97 Å². The molecule has 3 nitrogen and oxygen atoms in total. The van der Waals surface area contributed by atoms with E-state index in [0.29, 0.717) is 11.1 Å². The minimum Gasteiger partial charge on any atom is -0.478 e. The van der Waals surface area contributed by atoms with E-state index in [4.69, 9.17) is 39.9 Å². The summed E-state index contributed by atoms with van der Waals surface area (Å²) in [7, 11) is 0. The Morgan fingerprint density at radius 2 is 1.74 bits per heavy atom. The highest BCUT2D eigenvalue weighted by Crippen LogP contribution is 2.35. The molecule has 98 valence electrons. The van der Waals surface area contributed by atoms with E-state index in [9.17, 15) is 9.18 Å². The number of pyridine rings is 1. The van der Waals surface area contributed by atoms with Crippen molar-refractivity contribution in [3.63, 3.8) is 0 Å². The summed E-state index contributed by atoms with van der Waals surface area (Å²) >= 11 is 17.7. The van der Waals surface area contributed by atoms with Crippen molar-refractivity contribution in [3.8, 4) is 11.1 Å². The van der Waals surface area contributed by atoms with Crippen molar-refractivity contribution in [1.29, 1.82) is 0 Å². The molecular formula is C12H5Cl3FNO2. The number of carboxylic acid groups (broad SMARTS) is 1. The van der Waals surface area contributed by atoms with Crippen LogP contribution in [0.3, 0.4) is 0 Å². The maximum absolute atomic E-state index is 13.2. The van der Waals surface area contributed by atoms with E-state index in [1.165, 1.54) is 18.3 Å². The number of carbonyl (C=O) groups is 1. The van der Waals surface area contributed by atoms with Crippen molar-refractivity contribution in [1.82, 2.24) is 4.98 Å². The molecule has 0 unspecified atom stereocenters. The summed E-state index contributed by atoms with van der Waals surface area (Å²) in [5.41, 5.74) is 0.216. The lowest BCUT2D eigenvalue weighted by Crippen LogP contribution is -2.03. The third kappa shape index (κ3) is 2.81. The Kier molecular flexibility index (Phi) is 3.94. The zero-order valence-electron chi connectivity index (χ0n) is 9.12. The van der Waals surface area contributed by atoms with Gasteiger partial charge in [-0.2, -0.15) is 4.39 Å². The number of nitrogens with zero attached hydrogens (tertiary/aromatic N) is 1. The van der Waals surface area contributed by atoms with E-state index in [-0.39, 0.29) is 15.1 Å². The van der Waals surface area contributed by atoms with Gasteiger partial charge in [0.15, 0.2) is 0 Å². The van der Waals surface area contributed by atoms with Crippen LogP contribution < -0.4 is 0 Å². The van der Waals surface area contributed by atoms with Gasteiger partial charge in [0, 0.05) is 17.3 Å². The molecule has 0 spiro atoms. The molecule has 0 amide bonds. The van der Waals surface area contributed by atoms with Gasteiger partial charge in [-0.05, 0) is 18.2 Å². The fourth-order valence-corrected chi connectivity index (χ4v) is 2.15. The van der Waals surface area contributed by atoms with Crippen LogP contribution in [0.25, 0.3) is 11.1 Å². The molecule has 0 aliphatic rings. The molecule has 0 atom stereocenters. The summed E-state index contributed by atoms with van der Waals surface area (Å²) in [5, 5.41) is 9.63. The molecule has 1 aromatic heterocycles. The molecular weight excluding hydrogens is 315 g/mol. The molecule has 0 radical (unpaired) electrons. The quantitative estimate of drug-likeness (QED) is 0.652. The lowest BCUT2D eigenvalue weighted by Gasteiger charge is -2.07. The summed E-state index contributed by atoms with van der Waals surface area (Å²) in [6.07, 6.45) is 1.17. The SMILES string of the molecule is O=C(O)c1cc(-c2cc(Cl)c(Cl)cc2Cl)cnc1F. The molecule has 1 heterocycles. The van der Waals surface area contributed by atoms with Gasteiger partial charge in [-0.15, -0.1) is 0 Å². The van der Waals surface area contributed by atoms with Gasteiger partial charge in [-0.1, -0.05) is 34.8 Å². The maximum Gasteiger partial charge on any atom is 0.340 e. The molecule has 1 aromatic carbocycles. The van der Waals surface area contributed by atoms with Gasteiger partial charge in [0.05, 0.1) is 15.1 Å². The van der Waals surface area contributed by atoms with Gasteiger partial charge in [0.25, 0.3) is 0 Å². The molecule has 0 aliphatic carbocycles. The Labute approximate surface area is 122 Å². The molecule has 2 aromatic rings. The molecule has 1 N–H and O–H groups in total. The Balaban J connectivity index is 2.63. The Morgan fingerprint density at radius 3 is 2.37 bits per heavy atom. The molecule has 0 aliphatic heterocycles. The number of aromatic carboxylic acids is 1. The average molecular weight is 321 g/mol. The topological polar surface area (TPSA) is 50.2 Å². The first-order chi connectivity index (χ1) is 8.90. The van der Waals surface area contributed by atoms with Gasteiger partial charge in [0.1, 0.15) is 5.56 Å². The first-order valence-corrected chi connectivity index (χ1v) is 6.07. The fraction of sp³-hybridized carbons (Fsp3) is 0. The smallest absolute Gasteiger partial charge is 0.340 e. The minimum atomic E-state index is -1.41. The lowest BCUT2D eigenvalue weighted by atomic mass is 10.1. The largest absolute Gasteiger partial charge is 0.478 e. The van der Waals surface area contributed by atoms with Crippen LogP contribution in [-0.2, 0) is 0 Å². The Bertz CT molecular complexity index is 676. The van der Waals surface area contributed by atoms with Crippen LogP contribution in [0.15, 0.2) is 24.4 Å². The number of carboxylic acids is 1. The van der Waals surface area contributed by atoms with Crippen LogP contribution in [0.4, 0.5) is 4.39 Å². The Hall–Kier alpha value is -1.36. The third-order valence-electron chi connectivity index (χ3n) is 2.39. The van der Waals surface area contributed by atoms with Crippen LogP contribution in [0, 0.1) is 5.95 Å². The second kappa shape index (κ2) is 5.33. The summed E-state index contributed by atoms with van der Waals surface area (Å²) < 4.78 is 13.2. The van der Waals surface area contributed by atoms with E-state index >= 15 is 0 Å². The molecule has 2 rings (SSSR count). The number of rotatable bonds is 2. The number of halogens is 4. The second-order valence-corrected chi connectivity index (χ2v) is 4.84. The predicted molar refractivity (Wildman–Crippen MR) is 71.6 cm³/mol. The highest BCUT2D eigenvalue weighted by Gasteiger charge is 2.15. The first-order valence-electron chi connectivity index (χ1n) is 4.94. The lowest BCUT2D eigenvalue weighted by molar-refractivity contribution is 0.0691. The molecule has 7 heteroatoms. The number of benzene rings is 1. The second-order valence-electron chi connectivity index (χ2n) is 3.61. The summed E-state index contributed by atoms with van der Waals surface area (Å²) in [6, 6.07) is 4.02. The molecule has 0 saturated carbocycles.